The van der Waals surface area contributed by atoms with Gasteiger partial charge in [0.15, 0.2) is 0 Å². The van der Waals surface area contributed by atoms with Gasteiger partial charge < -0.3 is 5.32 Å². The van der Waals surface area contributed by atoms with Gasteiger partial charge >= 0.3 is 0 Å². The van der Waals surface area contributed by atoms with Gasteiger partial charge in [-0.25, -0.2) is 0 Å². The van der Waals surface area contributed by atoms with Gasteiger partial charge in [0, 0.05) is 17.2 Å². The Bertz CT molecular complexity index is 300. The van der Waals surface area contributed by atoms with Gasteiger partial charge in [0.2, 0.25) is 0 Å². The third-order valence-corrected chi connectivity index (χ3v) is 4.51. The van der Waals surface area contributed by atoms with E-state index in [1.807, 2.05) is 11.8 Å². The van der Waals surface area contributed by atoms with Crippen molar-refractivity contribution >= 4 is 11.8 Å². The number of hydrogen-bond acceptors (Lipinski definition) is 2. The molecule has 0 spiro atoms. The molecular formula is C18H31NS. The van der Waals surface area contributed by atoms with Crippen LogP contribution in [0.5, 0.6) is 0 Å². The van der Waals surface area contributed by atoms with Crippen LogP contribution < -0.4 is 5.32 Å². The summed E-state index contributed by atoms with van der Waals surface area (Å²) in [5, 5.41) is 3.55. The summed E-state index contributed by atoms with van der Waals surface area (Å²) in [6.45, 7) is 4.59. The van der Waals surface area contributed by atoms with Crippen LogP contribution in [0.4, 0.5) is 0 Å². The molecule has 0 aliphatic rings. The normalized spacial score (nSPS) is 10.8. The molecule has 0 amide bonds. The predicted molar refractivity (Wildman–Crippen MR) is 92.6 cm³/mol. The van der Waals surface area contributed by atoms with E-state index < -0.39 is 0 Å². The van der Waals surface area contributed by atoms with Crippen LogP contribution in [-0.2, 0) is 0 Å². The molecule has 1 rings (SSSR count). The van der Waals surface area contributed by atoms with Crippen LogP contribution in [0.25, 0.3) is 0 Å². The monoisotopic (exact) mass is 293 g/mol. The van der Waals surface area contributed by atoms with E-state index in [0.29, 0.717) is 0 Å². The largest absolute Gasteiger partial charge is 0.316 e. The van der Waals surface area contributed by atoms with Crippen molar-refractivity contribution in [1.29, 1.82) is 0 Å². The molecule has 1 N–H and O–H groups in total. The molecule has 1 nitrogen and oxygen atoms in total. The first-order valence-electron chi connectivity index (χ1n) is 8.32. The van der Waals surface area contributed by atoms with E-state index in [4.69, 9.17) is 0 Å². The maximum atomic E-state index is 3.55. The van der Waals surface area contributed by atoms with Gasteiger partial charge in [-0.1, -0.05) is 70.1 Å². The zero-order chi connectivity index (χ0) is 14.3. The molecule has 20 heavy (non-hydrogen) atoms. The van der Waals surface area contributed by atoms with Crippen molar-refractivity contribution in [3.63, 3.8) is 0 Å². The zero-order valence-corrected chi connectivity index (χ0v) is 13.9. The summed E-state index contributed by atoms with van der Waals surface area (Å²) >= 11 is 1.94. The molecule has 0 bridgehead atoms. The zero-order valence-electron chi connectivity index (χ0n) is 13.1. The number of thioether (sulfide) groups is 1. The summed E-state index contributed by atoms with van der Waals surface area (Å²) < 4.78 is 0. The number of hydrogen-bond donors (Lipinski definition) is 1. The predicted octanol–water partition coefficient (Wildman–Crippen LogP) is 5.51. The van der Waals surface area contributed by atoms with Gasteiger partial charge in [-0.05, 0) is 25.1 Å². The highest BCUT2D eigenvalue weighted by Crippen LogP contribution is 2.15. The third-order valence-electron chi connectivity index (χ3n) is 3.50. The van der Waals surface area contributed by atoms with E-state index in [0.717, 1.165) is 6.54 Å². The Hall–Kier alpha value is -0.470. The van der Waals surface area contributed by atoms with E-state index in [2.05, 4.69) is 42.6 Å². The smallest absolute Gasteiger partial charge is 0.0106 e. The van der Waals surface area contributed by atoms with Gasteiger partial charge in [-0.15, -0.1) is 11.8 Å². The van der Waals surface area contributed by atoms with Gasteiger partial charge in [-0.2, -0.15) is 0 Å². The minimum Gasteiger partial charge on any atom is -0.316 e. The van der Waals surface area contributed by atoms with Gasteiger partial charge in [0.1, 0.15) is 0 Å². The van der Waals surface area contributed by atoms with Gasteiger partial charge in [-0.3, -0.25) is 0 Å². The lowest BCUT2D eigenvalue weighted by molar-refractivity contribution is 0.560. The highest BCUT2D eigenvalue weighted by atomic mass is 32.2. The molecule has 0 fully saturated rings. The average Bonchev–Trinajstić information content (AvgIpc) is 2.49. The van der Waals surface area contributed by atoms with E-state index in [-0.39, 0.29) is 0 Å². The molecule has 1 aromatic carbocycles. The van der Waals surface area contributed by atoms with Crippen molar-refractivity contribution in [2.45, 2.75) is 63.2 Å². The first-order valence-corrected chi connectivity index (χ1v) is 9.30. The molecule has 2 heteroatoms. The van der Waals surface area contributed by atoms with Crippen molar-refractivity contribution in [1.82, 2.24) is 5.32 Å². The van der Waals surface area contributed by atoms with Crippen LogP contribution in [0.3, 0.4) is 0 Å². The quantitative estimate of drug-likeness (QED) is 0.380. The maximum absolute atomic E-state index is 3.55. The molecule has 0 unspecified atom stereocenters. The van der Waals surface area contributed by atoms with Crippen molar-refractivity contribution in [2.75, 3.05) is 18.8 Å². The minimum atomic E-state index is 1.12. The summed E-state index contributed by atoms with van der Waals surface area (Å²) in [5.41, 5.74) is 0. The summed E-state index contributed by atoms with van der Waals surface area (Å²) in [5.74, 6) is 1.17. The number of nitrogens with one attached hydrogen (secondary N) is 1. The van der Waals surface area contributed by atoms with Crippen LogP contribution >= 0.6 is 11.8 Å². The summed E-state index contributed by atoms with van der Waals surface area (Å²) in [4.78, 5) is 1.38. The molecule has 0 saturated heterocycles. The fourth-order valence-corrected chi connectivity index (χ4v) is 3.10. The second kappa shape index (κ2) is 13.5. The Labute approximate surface area is 129 Å². The second-order valence-corrected chi connectivity index (χ2v) is 6.55. The van der Waals surface area contributed by atoms with Crippen LogP contribution in [0, 0.1) is 0 Å². The van der Waals surface area contributed by atoms with Crippen molar-refractivity contribution in [3.05, 3.63) is 30.3 Å². The maximum Gasteiger partial charge on any atom is 0.0106 e. The highest BCUT2D eigenvalue weighted by molar-refractivity contribution is 7.99. The Balaban J connectivity index is 1.77. The van der Waals surface area contributed by atoms with Crippen molar-refractivity contribution in [3.8, 4) is 0 Å². The van der Waals surface area contributed by atoms with E-state index in [1.54, 1.807) is 0 Å². The summed E-state index contributed by atoms with van der Waals surface area (Å²) in [7, 11) is 0. The Morgan fingerprint density at radius 1 is 0.800 bits per heavy atom. The fraction of sp³-hybridized carbons (Fsp3) is 0.667. The van der Waals surface area contributed by atoms with Crippen LogP contribution in [-0.4, -0.2) is 18.8 Å². The molecule has 0 atom stereocenters. The number of unbranched alkanes of at least 4 members (excludes halogenated alkanes) is 7. The van der Waals surface area contributed by atoms with Crippen molar-refractivity contribution in [2.24, 2.45) is 0 Å². The molecule has 1 aromatic rings. The first kappa shape index (κ1) is 17.6. The molecule has 114 valence electrons. The van der Waals surface area contributed by atoms with E-state index >= 15 is 0 Å². The molecular weight excluding hydrogens is 262 g/mol. The minimum absolute atomic E-state index is 1.12. The number of rotatable bonds is 13. The fourth-order valence-electron chi connectivity index (χ4n) is 2.27. The van der Waals surface area contributed by atoms with E-state index in [1.165, 1.54) is 68.6 Å². The second-order valence-electron chi connectivity index (χ2n) is 5.39. The lowest BCUT2D eigenvalue weighted by Gasteiger charge is -2.05. The summed E-state index contributed by atoms with van der Waals surface area (Å²) in [6, 6.07) is 10.7. The summed E-state index contributed by atoms with van der Waals surface area (Å²) in [6.07, 6.45) is 11.2. The van der Waals surface area contributed by atoms with Crippen LogP contribution in [0.15, 0.2) is 35.2 Å². The first-order chi connectivity index (χ1) is 9.93. The SMILES string of the molecule is CCCCCCCCCCNCCSc1ccccc1. The topological polar surface area (TPSA) is 12.0 Å². The van der Waals surface area contributed by atoms with E-state index in [9.17, 15) is 0 Å². The Morgan fingerprint density at radius 2 is 1.45 bits per heavy atom. The Morgan fingerprint density at radius 3 is 2.15 bits per heavy atom. The van der Waals surface area contributed by atoms with Gasteiger partial charge in [0.25, 0.3) is 0 Å². The molecule has 0 aliphatic heterocycles. The Kier molecular flexibility index (Phi) is 11.9. The molecule has 0 aliphatic carbocycles. The molecule has 0 radical (unpaired) electrons. The van der Waals surface area contributed by atoms with Crippen molar-refractivity contribution < 1.29 is 0 Å². The third kappa shape index (κ3) is 10.3. The van der Waals surface area contributed by atoms with Gasteiger partial charge in [0.05, 0.1) is 0 Å². The lowest BCUT2D eigenvalue weighted by atomic mass is 10.1. The van der Waals surface area contributed by atoms with Crippen LogP contribution in [0.2, 0.25) is 0 Å². The average molecular weight is 294 g/mol. The highest BCUT2D eigenvalue weighted by Gasteiger charge is 1.94. The van der Waals surface area contributed by atoms with Crippen LogP contribution in [0.1, 0.15) is 58.3 Å². The molecule has 0 aromatic heterocycles. The molecule has 0 saturated carbocycles. The number of benzene rings is 1. The molecule has 0 heterocycles. The standard InChI is InChI=1S/C18H31NS/c1-2-3-4-5-6-7-8-12-15-19-16-17-20-18-13-10-9-11-14-18/h9-11,13-14,19H,2-8,12,15-17H2,1H3. The lowest BCUT2D eigenvalue weighted by Crippen LogP contribution is -2.18.